The highest BCUT2D eigenvalue weighted by molar-refractivity contribution is 6.32. The van der Waals surface area contributed by atoms with E-state index in [-0.39, 0.29) is 10.6 Å². The van der Waals surface area contributed by atoms with Crippen LogP contribution in [0.15, 0.2) is 65.6 Å². The van der Waals surface area contributed by atoms with E-state index in [0.29, 0.717) is 17.3 Å². The summed E-state index contributed by atoms with van der Waals surface area (Å²) in [6.07, 6.45) is 3.85. The van der Waals surface area contributed by atoms with Crippen LogP contribution in [-0.4, -0.2) is 41.4 Å². The van der Waals surface area contributed by atoms with Crippen LogP contribution in [0.2, 0.25) is 5.02 Å². The molecule has 0 amide bonds. The second kappa shape index (κ2) is 9.98. The summed E-state index contributed by atoms with van der Waals surface area (Å²) in [6, 6.07) is 17.6. The molecule has 7 heteroatoms. The molecule has 0 unspecified atom stereocenters. The van der Waals surface area contributed by atoms with Gasteiger partial charge in [-0.1, -0.05) is 41.9 Å². The number of benzene rings is 2. The predicted molar refractivity (Wildman–Crippen MR) is 124 cm³/mol. The Hall–Kier alpha value is -2.83. The maximum atomic E-state index is 12.6. The lowest BCUT2D eigenvalue weighted by Crippen LogP contribution is -2.35. The summed E-state index contributed by atoms with van der Waals surface area (Å²) in [7, 11) is 1.69. The molecular weight excluding hydrogens is 412 g/mol. The van der Waals surface area contributed by atoms with E-state index in [1.165, 1.54) is 10.2 Å². The minimum atomic E-state index is -0.313. The van der Waals surface area contributed by atoms with Gasteiger partial charge in [0.05, 0.1) is 24.7 Å². The first kappa shape index (κ1) is 21.4. The van der Waals surface area contributed by atoms with Gasteiger partial charge in [0.15, 0.2) is 0 Å². The van der Waals surface area contributed by atoms with Crippen molar-refractivity contribution in [3.05, 3.63) is 81.7 Å². The highest BCUT2D eigenvalue weighted by Crippen LogP contribution is 2.22. The maximum Gasteiger partial charge on any atom is 0.292 e. The highest BCUT2D eigenvalue weighted by Gasteiger charge is 2.20. The molecule has 0 radical (unpaired) electrons. The SMILES string of the molecule is COc1ccc(CN2CCC(CNc3cnn(-c4ccccc4)c(=O)c3Cl)CC2)cc1. The molecule has 3 aromatic rings. The third-order valence-corrected chi connectivity index (χ3v) is 6.14. The summed E-state index contributed by atoms with van der Waals surface area (Å²) >= 11 is 6.35. The molecule has 6 nitrogen and oxygen atoms in total. The van der Waals surface area contributed by atoms with E-state index in [1.54, 1.807) is 13.3 Å². The number of nitrogens with zero attached hydrogens (tertiary/aromatic N) is 3. The number of likely N-dealkylation sites (tertiary alicyclic amines) is 1. The zero-order valence-corrected chi connectivity index (χ0v) is 18.4. The van der Waals surface area contributed by atoms with E-state index < -0.39 is 0 Å². The molecule has 0 atom stereocenters. The second-order valence-electron chi connectivity index (χ2n) is 7.87. The average molecular weight is 439 g/mol. The van der Waals surface area contributed by atoms with Crippen LogP contribution in [0.3, 0.4) is 0 Å². The Morgan fingerprint density at radius 1 is 1.10 bits per heavy atom. The van der Waals surface area contributed by atoms with E-state index >= 15 is 0 Å². The quantitative estimate of drug-likeness (QED) is 0.598. The second-order valence-corrected chi connectivity index (χ2v) is 8.25. The standard InChI is InChI=1S/C24H27ClN4O2/c1-31-21-9-7-19(8-10-21)17-28-13-11-18(12-14-28)15-26-22-16-27-29(24(30)23(22)25)20-5-3-2-4-6-20/h2-10,16,18,26H,11-15,17H2,1H3. The summed E-state index contributed by atoms with van der Waals surface area (Å²) < 4.78 is 6.55. The molecule has 0 bridgehead atoms. The summed E-state index contributed by atoms with van der Waals surface area (Å²) in [4.78, 5) is 15.1. The number of para-hydroxylation sites is 1. The van der Waals surface area contributed by atoms with Crippen LogP contribution >= 0.6 is 11.6 Å². The highest BCUT2D eigenvalue weighted by atomic mass is 35.5. The lowest BCUT2D eigenvalue weighted by molar-refractivity contribution is 0.182. The Labute approximate surface area is 187 Å². The first-order chi connectivity index (χ1) is 15.1. The maximum absolute atomic E-state index is 12.6. The van der Waals surface area contributed by atoms with Gasteiger partial charge in [0.25, 0.3) is 5.56 Å². The number of methoxy groups -OCH3 is 1. The van der Waals surface area contributed by atoms with Crippen molar-refractivity contribution in [2.24, 2.45) is 5.92 Å². The van der Waals surface area contributed by atoms with Crippen LogP contribution < -0.4 is 15.6 Å². The fourth-order valence-electron chi connectivity index (χ4n) is 3.90. The molecule has 1 aliphatic heterocycles. The largest absolute Gasteiger partial charge is 0.497 e. The summed E-state index contributed by atoms with van der Waals surface area (Å²) in [5.41, 5.74) is 2.28. The van der Waals surface area contributed by atoms with Gasteiger partial charge in [-0.3, -0.25) is 9.69 Å². The molecule has 4 rings (SSSR count). The molecule has 2 aromatic carbocycles. The number of rotatable bonds is 7. The lowest BCUT2D eigenvalue weighted by atomic mass is 9.96. The van der Waals surface area contributed by atoms with Crippen molar-refractivity contribution in [3.8, 4) is 11.4 Å². The smallest absolute Gasteiger partial charge is 0.292 e. The molecule has 162 valence electrons. The van der Waals surface area contributed by atoms with E-state index in [2.05, 4.69) is 27.4 Å². The van der Waals surface area contributed by atoms with E-state index in [1.807, 2.05) is 42.5 Å². The van der Waals surface area contributed by atoms with Crippen molar-refractivity contribution in [3.63, 3.8) is 0 Å². The minimum Gasteiger partial charge on any atom is -0.497 e. The van der Waals surface area contributed by atoms with Gasteiger partial charge >= 0.3 is 0 Å². The van der Waals surface area contributed by atoms with Crippen LogP contribution in [-0.2, 0) is 6.54 Å². The summed E-state index contributed by atoms with van der Waals surface area (Å²) in [5.74, 6) is 1.43. The number of hydrogen-bond acceptors (Lipinski definition) is 5. The van der Waals surface area contributed by atoms with Gasteiger partial charge in [-0.2, -0.15) is 9.78 Å². The third-order valence-electron chi connectivity index (χ3n) is 5.77. The van der Waals surface area contributed by atoms with Gasteiger partial charge in [0.2, 0.25) is 0 Å². The van der Waals surface area contributed by atoms with E-state index in [0.717, 1.165) is 44.8 Å². The number of nitrogens with one attached hydrogen (secondary N) is 1. The van der Waals surface area contributed by atoms with Gasteiger partial charge in [-0.25, -0.2) is 0 Å². The Morgan fingerprint density at radius 2 is 1.81 bits per heavy atom. The Balaban J connectivity index is 1.29. The number of ether oxygens (including phenoxy) is 1. The molecule has 2 heterocycles. The van der Waals surface area contributed by atoms with Crippen LogP contribution in [0.5, 0.6) is 5.75 Å². The predicted octanol–water partition coefficient (Wildman–Crippen LogP) is 4.22. The minimum absolute atomic E-state index is 0.177. The van der Waals surface area contributed by atoms with Gasteiger partial charge in [-0.05, 0) is 61.7 Å². The molecule has 1 aromatic heterocycles. The van der Waals surface area contributed by atoms with Crippen LogP contribution in [0.1, 0.15) is 18.4 Å². The molecule has 0 spiro atoms. The van der Waals surface area contributed by atoms with Crippen LogP contribution in [0.4, 0.5) is 5.69 Å². The van der Waals surface area contributed by atoms with Crippen molar-refractivity contribution in [2.75, 3.05) is 32.1 Å². The molecule has 31 heavy (non-hydrogen) atoms. The first-order valence-electron chi connectivity index (χ1n) is 10.6. The topological polar surface area (TPSA) is 59.4 Å². The van der Waals surface area contributed by atoms with Crippen molar-refractivity contribution < 1.29 is 4.74 Å². The number of hydrogen-bond donors (Lipinski definition) is 1. The number of aromatic nitrogens is 2. The fraction of sp³-hybridized carbons (Fsp3) is 0.333. The Kier molecular flexibility index (Phi) is 6.89. The van der Waals surface area contributed by atoms with Crippen molar-refractivity contribution in [1.29, 1.82) is 0 Å². The van der Waals surface area contributed by atoms with Crippen molar-refractivity contribution >= 4 is 17.3 Å². The Morgan fingerprint density at radius 3 is 2.48 bits per heavy atom. The van der Waals surface area contributed by atoms with Gasteiger partial charge in [0.1, 0.15) is 10.8 Å². The normalized spacial score (nSPS) is 15.0. The van der Waals surface area contributed by atoms with Crippen LogP contribution in [0, 0.1) is 5.92 Å². The summed E-state index contributed by atoms with van der Waals surface area (Å²) in [5, 5.41) is 7.80. The first-order valence-corrected chi connectivity index (χ1v) is 10.9. The van der Waals surface area contributed by atoms with Crippen LogP contribution in [0.25, 0.3) is 5.69 Å². The van der Waals surface area contributed by atoms with E-state index in [9.17, 15) is 4.79 Å². The Bertz CT molecular complexity index is 1050. The summed E-state index contributed by atoms with van der Waals surface area (Å²) in [6.45, 7) is 3.85. The third kappa shape index (κ3) is 5.27. The average Bonchev–Trinajstić information content (AvgIpc) is 2.82. The zero-order valence-electron chi connectivity index (χ0n) is 17.6. The zero-order chi connectivity index (χ0) is 21.6. The number of anilines is 1. The molecule has 0 saturated carbocycles. The number of halogens is 1. The molecule has 1 aliphatic rings. The molecule has 0 aliphatic carbocycles. The van der Waals surface area contributed by atoms with Crippen molar-refractivity contribution in [2.45, 2.75) is 19.4 Å². The van der Waals surface area contributed by atoms with E-state index in [4.69, 9.17) is 16.3 Å². The molecule has 1 fully saturated rings. The van der Waals surface area contributed by atoms with Crippen molar-refractivity contribution in [1.82, 2.24) is 14.7 Å². The van der Waals surface area contributed by atoms with Gasteiger partial charge in [-0.15, -0.1) is 0 Å². The van der Waals surface area contributed by atoms with Gasteiger partial charge in [0, 0.05) is 13.1 Å². The monoisotopic (exact) mass is 438 g/mol. The number of piperidine rings is 1. The lowest BCUT2D eigenvalue weighted by Gasteiger charge is -2.32. The molecule has 1 saturated heterocycles. The van der Waals surface area contributed by atoms with Gasteiger partial charge < -0.3 is 10.1 Å². The molecule has 1 N–H and O–H groups in total. The fourth-order valence-corrected chi connectivity index (χ4v) is 4.10. The molecular formula is C24H27ClN4O2.